The molecule has 1 rings (SSSR count). The predicted molar refractivity (Wildman–Crippen MR) is 72.8 cm³/mol. The summed E-state index contributed by atoms with van der Waals surface area (Å²) in [5.41, 5.74) is 8.04. The maximum Gasteiger partial charge on any atom is 0.0773 e. The van der Waals surface area contributed by atoms with Crippen LogP contribution in [0.4, 0.5) is 5.69 Å². The Morgan fingerprint density at radius 2 is 2.31 bits per heavy atom. The lowest BCUT2D eigenvalue weighted by Crippen LogP contribution is -2.34. The Morgan fingerprint density at radius 1 is 1.62 bits per heavy atom. The summed E-state index contributed by atoms with van der Waals surface area (Å²) >= 11 is 5.01. The molecule has 1 aromatic rings. The molecule has 0 bridgehead atoms. The number of rotatable bonds is 5. The molecule has 0 aromatic carbocycles. The van der Waals surface area contributed by atoms with Gasteiger partial charge >= 0.3 is 0 Å². The van der Waals surface area contributed by atoms with Crippen molar-refractivity contribution in [1.29, 1.82) is 0 Å². The quantitative estimate of drug-likeness (QED) is 0.797. The first-order chi connectivity index (χ1) is 7.56. The molecule has 1 heterocycles. The molecule has 3 nitrogen and oxygen atoms in total. The summed E-state index contributed by atoms with van der Waals surface area (Å²) in [6.45, 7) is 8.05. The van der Waals surface area contributed by atoms with Gasteiger partial charge in [0.1, 0.15) is 0 Å². The van der Waals surface area contributed by atoms with Gasteiger partial charge in [0.25, 0.3) is 0 Å². The minimum atomic E-state index is 0.225. The summed E-state index contributed by atoms with van der Waals surface area (Å²) in [5.74, 6) is 0.225. The lowest BCUT2D eigenvalue weighted by molar-refractivity contribution is 0.705. The Labute approximate surface area is 103 Å². The highest BCUT2D eigenvalue weighted by molar-refractivity contribution is 7.80. The molecule has 0 amide bonds. The molecule has 16 heavy (non-hydrogen) atoms. The van der Waals surface area contributed by atoms with E-state index < -0.39 is 0 Å². The third-order valence-electron chi connectivity index (χ3n) is 2.69. The van der Waals surface area contributed by atoms with Crippen LogP contribution in [0.2, 0.25) is 0 Å². The van der Waals surface area contributed by atoms with Gasteiger partial charge in [-0.15, -0.1) is 0 Å². The van der Waals surface area contributed by atoms with Crippen LogP contribution in [-0.2, 0) is 0 Å². The Hall–Kier alpha value is -1.16. The minimum absolute atomic E-state index is 0.225. The average molecular weight is 237 g/mol. The first-order valence-electron chi connectivity index (χ1n) is 5.51. The largest absolute Gasteiger partial charge is 0.393 e. The molecule has 88 valence electrons. The number of thiocarbonyl (C=S) groups is 1. The van der Waals surface area contributed by atoms with Crippen molar-refractivity contribution >= 4 is 22.9 Å². The third kappa shape index (κ3) is 3.17. The summed E-state index contributed by atoms with van der Waals surface area (Å²) in [5, 5.41) is 0. The fraction of sp³-hybridized carbons (Fsp3) is 0.500. The highest BCUT2D eigenvalue weighted by Crippen LogP contribution is 2.19. The zero-order chi connectivity index (χ0) is 12.1. The maximum absolute atomic E-state index is 5.65. The number of aryl methyl sites for hydroxylation is 1. The van der Waals surface area contributed by atoms with Gasteiger partial charge in [0.05, 0.1) is 4.99 Å². The molecule has 4 heteroatoms. The van der Waals surface area contributed by atoms with Gasteiger partial charge in [-0.2, -0.15) is 0 Å². The Morgan fingerprint density at radius 3 is 2.81 bits per heavy atom. The molecule has 0 aliphatic heterocycles. The molecule has 1 atom stereocenters. The van der Waals surface area contributed by atoms with E-state index in [0.29, 0.717) is 4.99 Å². The molecular formula is C12H19N3S. The fourth-order valence-corrected chi connectivity index (χ4v) is 1.71. The van der Waals surface area contributed by atoms with E-state index in [-0.39, 0.29) is 5.92 Å². The van der Waals surface area contributed by atoms with Crippen molar-refractivity contribution in [2.24, 2.45) is 11.7 Å². The van der Waals surface area contributed by atoms with Crippen molar-refractivity contribution in [1.82, 2.24) is 4.98 Å². The standard InChI is InChI=1S/C12H19N3S/c1-4-15(8-10(3)12(13)16)11-5-6-14-7-9(11)2/h5-7,10H,4,8H2,1-3H3,(H2,13,16). The van der Waals surface area contributed by atoms with Crippen LogP contribution in [0.5, 0.6) is 0 Å². The number of pyridine rings is 1. The van der Waals surface area contributed by atoms with Crippen molar-refractivity contribution in [2.75, 3.05) is 18.0 Å². The van der Waals surface area contributed by atoms with E-state index in [1.54, 1.807) is 0 Å². The first-order valence-corrected chi connectivity index (χ1v) is 5.92. The molecule has 0 spiro atoms. The summed E-state index contributed by atoms with van der Waals surface area (Å²) in [6.07, 6.45) is 3.69. The van der Waals surface area contributed by atoms with Crippen molar-refractivity contribution in [3.8, 4) is 0 Å². The predicted octanol–water partition coefficient (Wildman–Crippen LogP) is 2.14. The average Bonchev–Trinajstić information content (AvgIpc) is 2.26. The summed E-state index contributed by atoms with van der Waals surface area (Å²) in [6, 6.07) is 2.03. The minimum Gasteiger partial charge on any atom is -0.393 e. The van der Waals surface area contributed by atoms with E-state index in [4.69, 9.17) is 18.0 Å². The van der Waals surface area contributed by atoms with E-state index in [1.807, 2.05) is 18.5 Å². The molecule has 0 aliphatic rings. The Bertz CT molecular complexity index is 365. The molecule has 2 N–H and O–H groups in total. The number of hydrogen-bond donors (Lipinski definition) is 1. The van der Waals surface area contributed by atoms with Crippen LogP contribution in [0.1, 0.15) is 19.4 Å². The van der Waals surface area contributed by atoms with Gasteiger partial charge in [-0.25, -0.2) is 0 Å². The molecule has 0 fully saturated rings. The second-order valence-corrected chi connectivity index (χ2v) is 4.48. The van der Waals surface area contributed by atoms with Crippen molar-refractivity contribution < 1.29 is 0 Å². The normalized spacial score (nSPS) is 12.2. The van der Waals surface area contributed by atoms with Crippen molar-refractivity contribution in [3.63, 3.8) is 0 Å². The highest BCUT2D eigenvalue weighted by Gasteiger charge is 2.12. The van der Waals surface area contributed by atoms with Gasteiger partial charge in [0.2, 0.25) is 0 Å². The molecule has 0 saturated carbocycles. The number of nitrogens with two attached hydrogens (primary N) is 1. The molecule has 0 aliphatic carbocycles. The zero-order valence-corrected chi connectivity index (χ0v) is 10.9. The van der Waals surface area contributed by atoms with E-state index in [1.165, 1.54) is 11.3 Å². The SMILES string of the molecule is CCN(CC(C)C(N)=S)c1ccncc1C. The lowest BCUT2D eigenvalue weighted by Gasteiger charge is -2.27. The first kappa shape index (κ1) is 12.9. The number of anilines is 1. The van der Waals surface area contributed by atoms with Crippen molar-refractivity contribution in [2.45, 2.75) is 20.8 Å². The smallest absolute Gasteiger partial charge is 0.0773 e. The second kappa shape index (κ2) is 5.80. The molecule has 0 saturated heterocycles. The highest BCUT2D eigenvalue weighted by atomic mass is 32.1. The topological polar surface area (TPSA) is 42.1 Å². The van der Waals surface area contributed by atoms with Crippen LogP contribution in [0, 0.1) is 12.8 Å². The van der Waals surface area contributed by atoms with Crippen LogP contribution in [0.15, 0.2) is 18.5 Å². The Kier molecular flexibility index (Phi) is 4.68. The molecule has 0 radical (unpaired) electrons. The van der Waals surface area contributed by atoms with E-state index in [2.05, 4.69) is 30.7 Å². The zero-order valence-electron chi connectivity index (χ0n) is 10.1. The van der Waals surface area contributed by atoms with Gasteiger partial charge < -0.3 is 10.6 Å². The third-order valence-corrected chi connectivity index (χ3v) is 3.10. The van der Waals surface area contributed by atoms with E-state index in [0.717, 1.165) is 13.1 Å². The summed E-state index contributed by atoms with van der Waals surface area (Å²) in [4.78, 5) is 6.95. The van der Waals surface area contributed by atoms with Crippen LogP contribution in [0.25, 0.3) is 0 Å². The van der Waals surface area contributed by atoms with E-state index in [9.17, 15) is 0 Å². The number of aromatic nitrogens is 1. The number of nitrogens with zero attached hydrogens (tertiary/aromatic N) is 2. The monoisotopic (exact) mass is 237 g/mol. The van der Waals surface area contributed by atoms with Gasteiger partial charge in [0.15, 0.2) is 0 Å². The van der Waals surface area contributed by atoms with Crippen LogP contribution < -0.4 is 10.6 Å². The van der Waals surface area contributed by atoms with Gasteiger partial charge in [-0.05, 0) is 25.5 Å². The van der Waals surface area contributed by atoms with E-state index >= 15 is 0 Å². The van der Waals surface area contributed by atoms with Gasteiger partial charge in [-0.3, -0.25) is 4.98 Å². The molecular weight excluding hydrogens is 218 g/mol. The van der Waals surface area contributed by atoms with Crippen LogP contribution in [-0.4, -0.2) is 23.1 Å². The summed E-state index contributed by atoms with van der Waals surface area (Å²) in [7, 11) is 0. The van der Waals surface area contributed by atoms with Crippen LogP contribution in [0.3, 0.4) is 0 Å². The summed E-state index contributed by atoms with van der Waals surface area (Å²) < 4.78 is 0. The fourth-order valence-electron chi connectivity index (χ4n) is 1.64. The molecule has 1 aromatic heterocycles. The Balaban J connectivity index is 2.83. The maximum atomic E-state index is 5.65. The number of hydrogen-bond acceptors (Lipinski definition) is 3. The van der Waals surface area contributed by atoms with Gasteiger partial charge in [0, 0.05) is 37.1 Å². The lowest BCUT2D eigenvalue weighted by atomic mass is 10.1. The van der Waals surface area contributed by atoms with Crippen LogP contribution >= 0.6 is 12.2 Å². The second-order valence-electron chi connectivity index (χ2n) is 4.00. The van der Waals surface area contributed by atoms with Gasteiger partial charge in [-0.1, -0.05) is 19.1 Å². The molecule has 1 unspecified atom stereocenters. The van der Waals surface area contributed by atoms with Crippen molar-refractivity contribution in [3.05, 3.63) is 24.0 Å².